The molecule has 1 aromatic heterocycles. The summed E-state index contributed by atoms with van der Waals surface area (Å²) in [7, 11) is 0. The Morgan fingerprint density at radius 2 is 1.93 bits per heavy atom. The zero-order valence-corrected chi connectivity index (χ0v) is 15.6. The summed E-state index contributed by atoms with van der Waals surface area (Å²) in [6.07, 6.45) is 1.84. The van der Waals surface area contributed by atoms with Crippen molar-refractivity contribution in [3.05, 3.63) is 48.2 Å². The van der Waals surface area contributed by atoms with Crippen LogP contribution < -0.4 is 15.0 Å². The van der Waals surface area contributed by atoms with Gasteiger partial charge in [0.15, 0.2) is 0 Å². The van der Waals surface area contributed by atoms with Gasteiger partial charge in [-0.05, 0) is 43.7 Å². The summed E-state index contributed by atoms with van der Waals surface area (Å²) in [5.74, 6) is 1.27. The van der Waals surface area contributed by atoms with Crippen molar-refractivity contribution in [3.63, 3.8) is 0 Å². The number of carbonyl (C=O) groups is 2. The van der Waals surface area contributed by atoms with Gasteiger partial charge >= 0.3 is 6.03 Å². The summed E-state index contributed by atoms with van der Waals surface area (Å²) in [5.41, 5.74) is 1.51. The molecule has 2 aromatic rings. The number of rotatable bonds is 7. The largest absolute Gasteiger partial charge is 0.494 e. The quantitative estimate of drug-likeness (QED) is 0.815. The standard InChI is InChI=1S/C20H24N4O3/c1-3-23-11-12-24(20(23)26)18-10-7-16(14-21-18)22-19(25)13-15-5-8-17(9-6-15)27-4-2/h5-10,14H,3-4,11-13H2,1-2H3,(H,22,25). The lowest BCUT2D eigenvalue weighted by Gasteiger charge is -2.16. The van der Waals surface area contributed by atoms with Crippen molar-refractivity contribution in [1.82, 2.24) is 9.88 Å². The number of likely N-dealkylation sites (N-methyl/N-ethyl adjacent to an activating group) is 1. The molecule has 2 heterocycles. The lowest BCUT2D eigenvalue weighted by Crippen LogP contribution is -2.32. The molecule has 0 unspecified atom stereocenters. The third-order valence-corrected chi connectivity index (χ3v) is 4.38. The average molecular weight is 368 g/mol. The highest BCUT2D eigenvalue weighted by Gasteiger charge is 2.28. The monoisotopic (exact) mass is 368 g/mol. The summed E-state index contributed by atoms with van der Waals surface area (Å²) in [6, 6.07) is 11.0. The lowest BCUT2D eigenvalue weighted by molar-refractivity contribution is -0.115. The van der Waals surface area contributed by atoms with Gasteiger partial charge in [0, 0.05) is 19.6 Å². The maximum Gasteiger partial charge on any atom is 0.325 e. The predicted molar refractivity (Wildman–Crippen MR) is 104 cm³/mol. The Morgan fingerprint density at radius 3 is 2.52 bits per heavy atom. The number of benzene rings is 1. The fourth-order valence-electron chi connectivity index (χ4n) is 2.97. The van der Waals surface area contributed by atoms with Gasteiger partial charge in [0.25, 0.3) is 0 Å². The highest BCUT2D eigenvalue weighted by molar-refractivity contribution is 5.94. The summed E-state index contributed by atoms with van der Waals surface area (Å²) in [4.78, 5) is 32.2. The molecule has 27 heavy (non-hydrogen) atoms. The van der Waals surface area contributed by atoms with Gasteiger partial charge in [0.05, 0.1) is 24.9 Å². The van der Waals surface area contributed by atoms with Crippen LogP contribution >= 0.6 is 0 Å². The number of nitrogens with one attached hydrogen (secondary N) is 1. The molecule has 1 saturated heterocycles. The fraction of sp³-hybridized carbons (Fsp3) is 0.350. The van der Waals surface area contributed by atoms with Crippen LogP contribution in [0.3, 0.4) is 0 Å². The van der Waals surface area contributed by atoms with Crippen LogP contribution in [-0.4, -0.2) is 48.1 Å². The van der Waals surface area contributed by atoms with Crippen molar-refractivity contribution in [1.29, 1.82) is 0 Å². The first kappa shape index (κ1) is 18.7. The van der Waals surface area contributed by atoms with E-state index in [-0.39, 0.29) is 18.4 Å². The smallest absolute Gasteiger partial charge is 0.325 e. The van der Waals surface area contributed by atoms with Crippen molar-refractivity contribution in [2.45, 2.75) is 20.3 Å². The van der Waals surface area contributed by atoms with Crippen LogP contribution in [0, 0.1) is 0 Å². The summed E-state index contributed by atoms with van der Waals surface area (Å²) in [6.45, 7) is 6.52. The minimum absolute atomic E-state index is 0.0303. The molecule has 0 saturated carbocycles. The van der Waals surface area contributed by atoms with E-state index in [1.165, 1.54) is 0 Å². The Morgan fingerprint density at radius 1 is 1.15 bits per heavy atom. The molecule has 7 nitrogen and oxygen atoms in total. The number of ether oxygens (including phenoxy) is 1. The molecule has 1 fully saturated rings. The van der Waals surface area contributed by atoms with E-state index < -0.39 is 0 Å². The van der Waals surface area contributed by atoms with Crippen LogP contribution in [0.5, 0.6) is 5.75 Å². The van der Waals surface area contributed by atoms with Gasteiger partial charge in [-0.3, -0.25) is 9.69 Å². The first-order valence-corrected chi connectivity index (χ1v) is 9.14. The SMILES string of the molecule is CCOc1ccc(CC(=O)Nc2ccc(N3CCN(CC)C3=O)nc2)cc1. The number of aromatic nitrogens is 1. The van der Waals surface area contributed by atoms with Crippen molar-refractivity contribution in [3.8, 4) is 5.75 Å². The molecule has 1 aromatic carbocycles. The minimum atomic E-state index is -0.122. The number of urea groups is 1. The molecular formula is C20H24N4O3. The lowest BCUT2D eigenvalue weighted by atomic mass is 10.1. The van der Waals surface area contributed by atoms with E-state index in [0.29, 0.717) is 37.7 Å². The van der Waals surface area contributed by atoms with Crippen molar-refractivity contribution in [2.75, 3.05) is 36.5 Å². The van der Waals surface area contributed by atoms with Gasteiger partial charge in [0.1, 0.15) is 11.6 Å². The predicted octanol–water partition coefficient (Wildman–Crippen LogP) is 2.92. The van der Waals surface area contributed by atoms with Crippen LogP contribution in [0.15, 0.2) is 42.6 Å². The Balaban J connectivity index is 1.56. The first-order chi connectivity index (χ1) is 13.1. The van der Waals surface area contributed by atoms with E-state index in [9.17, 15) is 9.59 Å². The van der Waals surface area contributed by atoms with Gasteiger partial charge in [-0.15, -0.1) is 0 Å². The molecule has 0 aliphatic carbocycles. The van der Waals surface area contributed by atoms with Gasteiger partial charge in [-0.1, -0.05) is 12.1 Å². The number of hydrogen-bond acceptors (Lipinski definition) is 4. The van der Waals surface area contributed by atoms with Crippen molar-refractivity contribution in [2.24, 2.45) is 0 Å². The summed E-state index contributed by atoms with van der Waals surface area (Å²) < 4.78 is 5.40. The van der Waals surface area contributed by atoms with E-state index in [1.54, 1.807) is 28.1 Å². The first-order valence-electron chi connectivity index (χ1n) is 9.14. The molecular weight excluding hydrogens is 344 g/mol. The second-order valence-corrected chi connectivity index (χ2v) is 6.22. The minimum Gasteiger partial charge on any atom is -0.494 e. The summed E-state index contributed by atoms with van der Waals surface area (Å²) in [5, 5.41) is 2.83. The normalized spacial score (nSPS) is 13.8. The third-order valence-electron chi connectivity index (χ3n) is 4.38. The second kappa shape index (κ2) is 8.53. The van der Waals surface area contributed by atoms with E-state index in [2.05, 4.69) is 10.3 Å². The van der Waals surface area contributed by atoms with Crippen LogP contribution in [0.25, 0.3) is 0 Å². The number of nitrogens with zero attached hydrogens (tertiary/aromatic N) is 3. The fourth-order valence-corrected chi connectivity index (χ4v) is 2.97. The molecule has 0 spiro atoms. The van der Waals surface area contributed by atoms with Gasteiger partial charge in [-0.25, -0.2) is 9.78 Å². The van der Waals surface area contributed by atoms with Crippen LogP contribution in [0.1, 0.15) is 19.4 Å². The molecule has 1 aliphatic heterocycles. The van der Waals surface area contributed by atoms with Crippen LogP contribution in [0.2, 0.25) is 0 Å². The number of anilines is 2. The van der Waals surface area contributed by atoms with Gasteiger partial charge in [-0.2, -0.15) is 0 Å². The molecule has 1 N–H and O–H groups in total. The molecule has 3 amide bonds. The highest BCUT2D eigenvalue weighted by Crippen LogP contribution is 2.19. The van der Waals surface area contributed by atoms with Crippen LogP contribution in [-0.2, 0) is 11.2 Å². The second-order valence-electron chi connectivity index (χ2n) is 6.22. The highest BCUT2D eigenvalue weighted by atomic mass is 16.5. The number of pyridine rings is 1. The Kier molecular flexibility index (Phi) is 5.90. The Bertz CT molecular complexity index is 790. The third kappa shape index (κ3) is 4.55. The topological polar surface area (TPSA) is 74.8 Å². The molecule has 3 rings (SSSR count). The molecule has 0 atom stereocenters. The van der Waals surface area contributed by atoms with Crippen molar-refractivity contribution < 1.29 is 14.3 Å². The van der Waals surface area contributed by atoms with Gasteiger partial charge in [0.2, 0.25) is 5.91 Å². The molecule has 0 bridgehead atoms. The molecule has 7 heteroatoms. The van der Waals surface area contributed by atoms with Crippen LogP contribution in [0.4, 0.5) is 16.3 Å². The molecule has 142 valence electrons. The number of carbonyl (C=O) groups excluding carboxylic acids is 2. The zero-order valence-electron chi connectivity index (χ0n) is 15.6. The van der Waals surface area contributed by atoms with Gasteiger partial charge < -0.3 is 15.0 Å². The molecule has 0 radical (unpaired) electrons. The Labute approximate surface area is 158 Å². The van der Waals surface area contributed by atoms with E-state index in [1.807, 2.05) is 38.1 Å². The maximum atomic E-state index is 12.2. The summed E-state index contributed by atoms with van der Waals surface area (Å²) >= 11 is 0. The number of hydrogen-bond donors (Lipinski definition) is 1. The number of amides is 3. The average Bonchev–Trinajstić information content (AvgIpc) is 3.05. The molecule has 1 aliphatic rings. The van der Waals surface area contributed by atoms with Crippen molar-refractivity contribution >= 4 is 23.4 Å². The Hall–Kier alpha value is -3.09. The van der Waals surface area contributed by atoms with E-state index >= 15 is 0 Å². The maximum absolute atomic E-state index is 12.2. The van der Waals surface area contributed by atoms with E-state index in [4.69, 9.17) is 4.74 Å². The zero-order chi connectivity index (χ0) is 19.2. The van der Waals surface area contributed by atoms with E-state index in [0.717, 1.165) is 11.3 Å².